The van der Waals surface area contributed by atoms with Gasteiger partial charge >= 0.3 is 5.97 Å². The molecule has 19 heavy (non-hydrogen) atoms. The third-order valence-electron chi connectivity index (χ3n) is 2.47. The second kappa shape index (κ2) is 5.81. The first kappa shape index (κ1) is 12.8. The van der Waals surface area contributed by atoms with E-state index in [4.69, 9.17) is 10.6 Å². The quantitative estimate of drug-likeness (QED) is 0.389. The normalized spacial score (nSPS) is 11.3. The molecular formula is C13H14N4O2. The lowest BCUT2D eigenvalue weighted by Crippen LogP contribution is -2.15. The molecule has 0 fully saturated rings. The molecule has 6 nitrogen and oxygen atoms in total. The van der Waals surface area contributed by atoms with Crippen molar-refractivity contribution in [2.75, 3.05) is 0 Å². The maximum atomic E-state index is 11.6. The molecule has 0 amide bonds. The van der Waals surface area contributed by atoms with Crippen molar-refractivity contribution in [3.63, 3.8) is 0 Å². The van der Waals surface area contributed by atoms with E-state index in [1.807, 2.05) is 25.1 Å². The van der Waals surface area contributed by atoms with Gasteiger partial charge in [-0.05, 0) is 13.0 Å². The molecule has 2 rings (SSSR count). The zero-order valence-corrected chi connectivity index (χ0v) is 10.5. The van der Waals surface area contributed by atoms with E-state index in [2.05, 4.69) is 10.3 Å². The highest BCUT2D eigenvalue weighted by molar-refractivity contribution is 5.97. The third-order valence-corrected chi connectivity index (χ3v) is 2.47. The summed E-state index contributed by atoms with van der Waals surface area (Å²) in [5.74, 6) is -0.491. The van der Waals surface area contributed by atoms with Crippen LogP contribution in [0.25, 0.3) is 0 Å². The molecule has 1 aromatic heterocycles. The summed E-state index contributed by atoms with van der Waals surface area (Å²) >= 11 is 0. The number of rotatable bonds is 4. The average Bonchev–Trinajstić information content (AvgIpc) is 2.94. The van der Waals surface area contributed by atoms with Crippen LogP contribution in [0.3, 0.4) is 0 Å². The molecule has 6 heteroatoms. The predicted molar refractivity (Wildman–Crippen MR) is 70.5 cm³/mol. The zero-order chi connectivity index (χ0) is 13.7. The van der Waals surface area contributed by atoms with Crippen LogP contribution in [-0.2, 0) is 11.4 Å². The molecule has 0 aliphatic rings. The highest BCUT2D eigenvalue weighted by Crippen LogP contribution is 2.01. The lowest BCUT2D eigenvalue weighted by Gasteiger charge is -1.99. The topological polar surface area (TPSA) is 82.5 Å². The van der Waals surface area contributed by atoms with Gasteiger partial charge in [-0.3, -0.25) is 4.68 Å². The Kier molecular flexibility index (Phi) is 3.92. The molecule has 0 unspecified atom stereocenters. The van der Waals surface area contributed by atoms with Crippen LogP contribution < -0.4 is 5.73 Å². The molecule has 0 bridgehead atoms. The summed E-state index contributed by atoms with van der Waals surface area (Å²) in [7, 11) is 0. The Morgan fingerprint density at radius 2 is 2.11 bits per heavy atom. The summed E-state index contributed by atoms with van der Waals surface area (Å²) in [4.78, 5) is 16.4. The van der Waals surface area contributed by atoms with Crippen molar-refractivity contribution in [1.82, 2.24) is 9.78 Å². The maximum Gasteiger partial charge on any atom is 0.385 e. The van der Waals surface area contributed by atoms with Gasteiger partial charge in [0.05, 0.1) is 0 Å². The Morgan fingerprint density at radius 3 is 2.74 bits per heavy atom. The fraction of sp³-hybridized carbons (Fsp3) is 0.154. The van der Waals surface area contributed by atoms with Crippen molar-refractivity contribution in [2.45, 2.75) is 13.5 Å². The Hall–Kier alpha value is -2.63. The number of amidine groups is 1. The van der Waals surface area contributed by atoms with Gasteiger partial charge in [-0.15, -0.1) is 0 Å². The average molecular weight is 258 g/mol. The van der Waals surface area contributed by atoms with Gasteiger partial charge < -0.3 is 10.6 Å². The van der Waals surface area contributed by atoms with E-state index in [0.717, 1.165) is 0 Å². The first-order valence-corrected chi connectivity index (χ1v) is 5.84. The van der Waals surface area contributed by atoms with Crippen molar-refractivity contribution >= 4 is 11.8 Å². The van der Waals surface area contributed by atoms with Crippen LogP contribution in [0.2, 0.25) is 0 Å². The van der Waals surface area contributed by atoms with Crippen LogP contribution in [0, 0.1) is 0 Å². The van der Waals surface area contributed by atoms with Crippen LogP contribution in [0.4, 0.5) is 0 Å². The number of aromatic nitrogens is 2. The summed E-state index contributed by atoms with van der Waals surface area (Å²) in [6.07, 6.45) is 1.70. The van der Waals surface area contributed by atoms with Crippen molar-refractivity contribution in [3.05, 3.63) is 53.9 Å². The largest absolute Gasteiger partial charge is 0.385 e. The Balaban J connectivity index is 2.03. The standard InChI is InChI=1S/C13H14N4O2/c1-2-17-9-8-11(15-17)13(18)19-16-12(14)10-6-4-3-5-7-10/h3-9H,2H2,1H3,(H2,14,16). The first-order valence-electron chi connectivity index (χ1n) is 5.84. The van der Waals surface area contributed by atoms with Gasteiger partial charge in [0.1, 0.15) is 0 Å². The van der Waals surface area contributed by atoms with Gasteiger partial charge in [-0.2, -0.15) is 5.10 Å². The van der Waals surface area contributed by atoms with Gasteiger partial charge in [0.25, 0.3) is 0 Å². The van der Waals surface area contributed by atoms with Crippen molar-refractivity contribution < 1.29 is 9.63 Å². The van der Waals surface area contributed by atoms with E-state index in [1.165, 1.54) is 0 Å². The summed E-state index contributed by atoms with van der Waals surface area (Å²) in [6.45, 7) is 2.61. The lowest BCUT2D eigenvalue weighted by atomic mass is 10.2. The van der Waals surface area contributed by atoms with E-state index in [0.29, 0.717) is 12.1 Å². The SMILES string of the molecule is CCn1ccc(C(=O)O/N=C(\N)c2ccccc2)n1. The number of carbonyl (C=O) groups is 1. The van der Waals surface area contributed by atoms with Crippen LogP contribution in [0.5, 0.6) is 0 Å². The predicted octanol–water partition coefficient (Wildman–Crippen LogP) is 1.38. The number of hydrogen-bond donors (Lipinski definition) is 1. The number of nitrogens with two attached hydrogens (primary N) is 1. The second-order valence-corrected chi connectivity index (χ2v) is 3.78. The minimum absolute atomic E-state index is 0.142. The molecule has 2 N–H and O–H groups in total. The molecule has 0 aliphatic heterocycles. The third kappa shape index (κ3) is 3.19. The number of benzene rings is 1. The molecule has 0 aliphatic carbocycles. The van der Waals surface area contributed by atoms with E-state index < -0.39 is 5.97 Å². The fourth-order valence-corrected chi connectivity index (χ4v) is 1.45. The van der Waals surface area contributed by atoms with Crippen LogP contribution in [0.1, 0.15) is 23.0 Å². The van der Waals surface area contributed by atoms with E-state index in [9.17, 15) is 4.79 Å². The summed E-state index contributed by atoms with van der Waals surface area (Å²) in [5, 5.41) is 7.61. The molecular weight excluding hydrogens is 244 g/mol. The Labute approximate surface area is 110 Å². The molecule has 0 saturated carbocycles. The second-order valence-electron chi connectivity index (χ2n) is 3.78. The Bertz CT molecular complexity index is 590. The summed E-state index contributed by atoms with van der Waals surface area (Å²) in [6, 6.07) is 10.6. The fourth-order valence-electron chi connectivity index (χ4n) is 1.45. The van der Waals surface area contributed by atoms with Gasteiger partial charge in [-0.1, -0.05) is 35.5 Å². The molecule has 0 radical (unpaired) electrons. The number of nitrogens with zero attached hydrogens (tertiary/aromatic N) is 3. The van der Waals surface area contributed by atoms with E-state index in [1.54, 1.807) is 29.1 Å². The molecule has 0 atom stereocenters. The van der Waals surface area contributed by atoms with Gasteiger partial charge in [0, 0.05) is 18.3 Å². The lowest BCUT2D eigenvalue weighted by molar-refractivity contribution is 0.0508. The molecule has 1 heterocycles. The van der Waals surface area contributed by atoms with Crippen LogP contribution in [0.15, 0.2) is 47.8 Å². The van der Waals surface area contributed by atoms with Gasteiger partial charge in [-0.25, -0.2) is 4.79 Å². The Morgan fingerprint density at radius 1 is 1.37 bits per heavy atom. The number of carbonyl (C=O) groups excluding carboxylic acids is 1. The van der Waals surface area contributed by atoms with Crippen molar-refractivity contribution in [1.29, 1.82) is 0 Å². The molecule has 98 valence electrons. The molecule has 2 aromatic rings. The number of hydrogen-bond acceptors (Lipinski definition) is 4. The minimum atomic E-state index is -0.633. The monoisotopic (exact) mass is 258 g/mol. The zero-order valence-electron chi connectivity index (χ0n) is 10.5. The van der Waals surface area contributed by atoms with Gasteiger partial charge in [0.15, 0.2) is 11.5 Å². The van der Waals surface area contributed by atoms with Crippen LogP contribution in [-0.4, -0.2) is 21.6 Å². The van der Waals surface area contributed by atoms with E-state index in [-0.39, 0.29) is 11.5 Å². The highest BCUT2D eigenvalue weighted by Gasteiger charge is 2.11. The van der Waals surface area contributed by atoms with Gasteiger partial charge in [0.2, 0.25) is 0 Å². The highest BCUT2D eigenvalue weighted by atomic mass is 16.7. The number of aryl methyl sites for hydroxylation is 1. The smallest absolute Gasteiger partial charge is 0.380 e. The first-order chi connectivity index (χ1) is 9.20. The van der Waals surface area contributed by atoms with Crippen LogP contribution >= 0.6 is 0 Å². The molecule has 0 saturated heterocycles. The van der Waals surface area contributed by atoms with Crippen molar-refractivity contribution in [3.8, 4) is 0 Å². The maximum absolute atomic E-state index is 11.6. The summed E-state index contributed by atoms with van der Waals surface area (Å²) in [5.41, 5.74) is 6.59. The van der Waals surface area contributed by atoms with Crippen molar-refractivity contribution in [2.24, 2.45) is 10.9 Å². The summed E-state index contributed by atoms with van der Waals surface area (Å²) < 4.78 is 1.63. The molecule has 0 spiro atoms. The molecule has 1 aromatic carbocycles. The minimum Gasteiger partial charge on any atom is -0.380 e. The number of oxime groups is 1. The van der Waals surface area contributed by atoms with E-state index >= 15 is 0 Å².